The van der Waals surface area contributed by atoms with Crippen LogP contribution in [0.1, 0.15) is 24.0 Å². The Labute approximate surface area is 200 Å². The number of hydrogen-bond acceptors (Lipinski definition) is 3. The first-order valence-corrected chi connectivity index (χ1v) is 10.3. The number of carbonyl (C=O) groups excluding carboxylic acids is 1. The second-order valence-corrected chi connectivity index (χ2v) is 7.33. The zero-order chi connectivity index (χ0) is 21.2. The number of guanidine groups is 1. The smallest absolute Gasteiger partial charge is 0.258 e. The summed E-state index contributed by atoms with van der Waals surface area (Å²) in [6.45, 7) is 1.50. The highest BCUT2D eigenvalue weighted by Gasteiger charge is 2.23. The summed E-state index contributed by atoms with van der Waals surface area (Å²) >= 11 is 0. The van der Waals surface area contributed by atoms with Gasteiger partial charge in [-0.05, 0) is 61.1 Å². The van der Waals surface area contributed by atoms with Gasteiger partial charge in [-0.25, -0.2) is 4.39 Å². The summed E-state index contributed by atoms with van der Waals surface area (Å²) in [5.74, 6) is 1.14. The molecule has 31 heavy (non-hydrogen) atoms. The number of nitrogens with one attached hydrogen (secondary N) is 3. The van der Waals surface area contributed by atoms with Gasteiger partial charge in [0.1, 0.15) is 11.6 Å². The maximum atomic E-state index is 12.9. The lowest BCUT2D eigenvalue weighted by molar-refractivity contribution is -0.123. The van der Waals surface area contributed by atoms with E-state index in [-0.39, 0.29) is 42.3 Å². The number of aliphatic imine (C=N–C) groups is 1. The van der Waals surface area contributed by atoms with Crippen molar-refractivity contribution in [3.63, 3.8) is 0 Å². The maximum absolute atomic E-state index is 12.9. The van der Waals surface area contributed by atoms with Crippen LogP contribution in [-0.4, -0.2) is 44.7 Å². The minimum atomic E-state index is -0.220. The number of rotatable bonds is 10. The summed E-state index contributed by atoms with van der Waals surface area (Å²) in [6.07, 6.45) is 3.77. The van der Waals surface area contributed by atoms with Gasteiger partial charge in [0.15, 0.2) is 12.6 Å². The second kappa shape index (κ2) is 13.1. The molecule has 8 heteroatoms. The van der Waals surface area contributed by atoms with E-state index in [4.69, 9.17) is 4.74 Å². The van der Waals surface area contributed by atoms with Crippen LogP contribution < -0.4 is 20.7 Å². The predicted molar refractivity (Wildman–Crippen MR) is 132 cm³/mol. The van der Waals surface area contributed by atoms with Crippen molar-refractivity contribution in [2.45, 2.75) is 31.7 Å². The Morgan fingerprint density at radius 2 is 1.55 bits per heavy atom. The van der Waals surface area contributed by atoms with Crippen LogP contribution in [0.25, 0.3) is 0 Å². The highest BCUT2D eigenvalue weighted by atomic mass is 127. The van der Waals surface area contributed by atoms with Gasteiger partial charge >= 0.3 is 0 Å². The van der Waals surface area contributed by atoms with Gasteiger partial charge in [0.25, 0.3) is 5.91 Å². The normalized spacial score (nSPS) is 13.2. The lowest BCUT2D eigenvalue weighted by atomic mass is 10.1. The van der Waals surface area contributed by atoms with Crippen molar-refractivity contribution in [2.75, 3.05) is 26.7 Å². The molecule has 0 heterocycles. The van der Waals surface area contributed by atoms with Gasteiger partial charge in [-0.3, -0.25) is 9.79 Å². The van der Waals surface area contributed by atoms with Crippen molar-refractivity contribution >= 4 is 35.8 Å². The molecule has 2 aromatic rings. The Bertz CT molecular complexity index is 840. The summed E-state index contributed by atoms with van der Waals surface area (Å²) in [5, 5.41) is 9.45. The average Bonchev–Trinajstić information content (AvgIpc) is 3.57. The van der Waals surface area contributed by atoms with Crippen LogP contribution in [-0.2, 0) is 17.6 Å². The maximum Gasteiger partial charge on any atom is 0.258 e. The van der Waals surface area contributed by atoms with E-state index in [9.17, 15) is 9.18 Å². The molecule has 0 unspecified atom stereocenters. The van der Waals surface area contributed by atoms with Crippen LogP contribution >= 0.6 is 24.0 Å². The molecule has 6 nitrogen and oxygen atoms in total. The third-order valence-electron chi connectivity index (χ3n) is 4.78. The Balaban J connectivity index is 0.00000341. The molecule has 1 fully saturated rings. The Hall–Kier alpha value is -2.36. The Morgan fingerprint density at radius 3 is 2.06 bits per heavy atom. The van der Waals surface area contributed by atoms with E-state index < -0.39 is 0 Å². The molecular weight excluding hydrogens is 510 g/mol. The highest BCUT2D eigenvalue weighted by molar-refractivity contribution is 14.0. The molecule has 3 N–H and O–H groups in total. The van der Waals surface area contributed by atoms with Crippen LogP contribution in [0.4, 0.5) is 4.39 Å². The first kappa shape index (κ1) is 24.9. The molecule has 0 bridgehead atoms. The summed E-state index contributed by atoms with van der Waals surface area (Å²) in [5.41, 5.74) is 2.24. The minimum Gasteiger partial charge on any atom is -0.484 e. The van der Waals surface area contributed by atoms with Gasteiger partial charge in [0.05, 0.1) is 0 Å². The first-order chi connectivity index (χ1) is 14.6. The topological polar surface area (TPSA) is 74.8 Å². The van der Waals surface area contributed by atoms with Gasteiger partial charge in [-0.2, -0.15) is 0 Å². The lowest BCUT2D eigenvalue weighted by Gasteiger charge is -2.12. The number of benzene rings is 2. The molecule has 0 radical (unpaired) electrons. The number of ether oxygens (including phenoxy) is 1. The van der Waals surface area contributed by atoms with Crippen LogP contribution in [0.2, 0.25) is 0 Å². The number of amides is 1. The number of carbonyl (C=O) groups is 1. The van der Waals surface area contributed by atoms with E-state index in [2.05, 4.69) is 20.9 Å². The molecule has 1 saturated carbocycles. The zero-order valence-corrected chi connectivity index (χ0v) is 20.0. The quantitative estimate of drug-likeness (QED) is 0.246. The van der Waals surface area contributed by atoms with Crippen molar-refractivity contribution in [2.24, 2.45) is 4.99 Å². The van der Waals surface area contributed by atoms with E-state index in [1.54, 1.807) is 19.2 Å². The molecule has 0 aliphatic heterocycles. The van der Waals surface area contributed by atoms with E-state index in [1.807, 2.05) is 24.3 Å². The summed E-state index contributed by atoms with van der Waals surface area (Å²) in [4.78, 5) is 15.9. The molecule has 0 spiro atoms. The second-order valence-electron chi connectivity index (χ2n) is 7.33. The van der Waals surface area contributed by atoms with E-state index in [0.29, 0.717) is 18.3 Å². The third kappa shape index (κ3) is 9.54. The number of hydrogen-bond donors (Lipinski definition) is 3. The zero-order valence-electron chi connectivity index (χ0n) is 17.7. The molecule has 1 aliphatic rings. The number of halogens is 2. The monoisotopic (exact) mass is 540 g/mol. The van der Waals surface area contributed by atoms with Crippen LogP contribution in [0, 0.1) is 5.82 Å². The minimum absolute atomic E-state index is 0. The van der Waals surface area contributed by atoms with Gasteiger partial charge < -0.3 is 20.7 Å². The van der Waals surface area contributed by atoms with Crippen LogP contribution in [0.5, 0.6) is 5.75 Å². The van der Waals surface area contributed by atoms with Crippen LogP contribution in [0.3, 0.4) is 0 Å². The Kier molecular flexibility index (Phi) is 10.6. The lowest BCUT2D eigenvalue weighted by Crippen LogP contribution is -2.39. The van der Waals surface area contributed by atoms with Gasteiger partial charge in [-0.1, -0.05) is 24.3 Å². The van der Waals surface area contributed by atoms with E-state index in [0.717, 1.165) is 43.8 Å². The van der Waals surface area contributed by atoms with Gasteiger partial charge in [-0.15, -0.1) is 24.0 Å². The average molecular weight is 540 g/mol. The summed E-state index contributed by atoms with van der Waals surface area (Å²) in [6, 6.07) is 14.7. The largest absolute Gasteiger partial charge is 0.484 e. The van der Waals surface area contributed by atoms with Crippen molar-refractivity contribution in [1.29, 1.82) is 0 Å². The van der Waals surface area contributed by atoms with Crippen molar-refractivity contribution < 1.29 is 13.9 Å². The van der Waals surface area contributed by atoms with Gasteiger partial charge in [0.2, 0.25) is 0 Å². The summed E-state index contributed by atoms with van der Waals surface area (Å²) in [7, 11) is 1.73. The molecule has 2 aromatic carbocycles. The predicted octanol–water partition coefficient (Wildman–Crippen LogP) is 3.05. The molecule has 1 amide bonds. The fraction of sp³-hybridized carbons (Fsp3) is 0.391. The van der Waals surface area contributed by atoms with Crippen molar-refractivity contribution in [3.8, 4) is 5.75 Å². The molecule has 0 aromatic heterocycles. The molecule has 3 rings (SSSR count). The standard InChI is InChI=1S/C23H29FN4O2.HI/c1-25-23(26-14-12-17-2-6-19(24)7-3-17)27-15-13-18-4-10-21(11-5-18)30-16-22(29)28-20-8-9-20;/h2-7,10-11,20H,8-9,12-16H2,1H3,(H,28,29)(H2,25,26,27);1H. The van der Waals surface area contributed by atoms with Crippen molar-refractivity contribution in [3.05, 3.63) is 65.5 Å². The SMILES string of the molecule is CN=C(NCCc1ccc(F)cc1)NCCc1ccc(OCC(=O)NC2CC2)cc1.I. The molecule has 1 aliphatic carbocycles. The molecule has 0 atom stereocenters. The van der Waals surface area contributed by atoms with E-state index in [1.165, 1.54) is 17.7 Å². The van der Waals surface area contributed by atoms with Crippen LogP contribution in [0.15, 0.2) is 53.5 Å². The fourth-order valence-corrected chi connectivity index (χ4v) is 2.92. The highest BCUT2D eigenvalue weighted by Crippen LogP contribution is 2.18. The van der Waals surface area contributed by atoms with E-state index >= 15 is 0 Å². The number of nitrogens with zero attached hydrogens (tertiary/aromatic N) is 1. The van der Waals surface area contributed by atoms with Crippen molar-refractivity contribution in [1.82, 2.24) is 16.0 Å². The molecule has 168 valence electrons. The fourth-order valence-electron chi connectivity index (χ4n) is 2.92. The first-order valence-electron chi connectivity index (χ1n) is 10.3. The Morgan fingerprint density at radius 1 is 1.00 bits per heavy atom. The molecular formula is C23H30FIN4O2. The van der Waals surface area contributed by atoms with Gasteiger partial charge in [0, 0.05) is 26.2 Å². The third-order valence-corrected chi connectivity index (χ3v) is 4.78. The molecule has 0 saturated heterocycles. The summed E-state index contributed by atoms with van der Waals surface area (Å²) < 4.78 is 18.5.